The first-order chi connectivity index (χ1) is 12.9. The Morgan fingerprint density at radius 1 is 1.26 bits per heavy atom. The predicted octanol–water partition coefficient (Wildman–Crippen LogP) is 1.79. The molecule has 0 saturated carbocycles. The number of nitrogens with one attached hydrogen (secondary N) is 2. The summed E-state index contributed by atoms with van der Waals surface area (Å²) in [4.78, 5) is 11.7. The fourth-order valence-electron chi connectivity index (χ4n) is 2.93. The summed E-state index contributed by atoms with van der Waals surface area (Å²) < 4.78 is 10.7. The molecule has 0 atom stereocenters. The van der Waals surface area contributed by atoms with E-state index in [-0.39, 0.29) is 5.54 Å². The molecular formula is C19H36N6O2. The van der Waals surface area contributed by atoms with Crippen LogP contribution in [0.15, 0.2) is 9.52 Å². The molecule has 1 aromatic heterocycles. The number of aryl methyl sites for hydroxylation is 1. The minimum atomic E-state index is 0.0170. The van der Waals surface area contributed by atoms with Crippen LogP contribution in [0.4, 0.5) is 0 Å². The van der Waals surface area contributed by atoms with Gasteiger partial charge >= 0.3 is 0 Å². The zero-order valence-corrected chi connectivity index (χ0v) is 17.5. The number of guanidine groups is 1. The third kappa shape index (κ3) is 7.10. The van der Waals surface area contributed by atoms with E-state index in [1.165, 1.54) is 0 Å². The first kappa shape index (κ1) is 21.6. The molecule has 2 heterocycles. The Labute approximate surface area is 163 Å². The minimum Gasteiger partial charge on any atom is -0.379 e. The number of hydrogen-bond donors (Lipinski definition) is 2. The standard InChI is InChI=1S/C19H36N6O2/c1-6-20-18(22-14-19(4,5)25-10-12-26-13-11-25)21-9-7-8-16-23-17(15(2)3)24-27-16/h15H,6-14H2,1-5H3,(H2,20,21,22). The van der Waals surface area contributed by atoms with Gasteiger partial charge in [-0.1, -0.05) is 19.0 Å². The van der Waals surface area contributed by atoms with Crippen LogP contribution in [0.25, 0.3) is 0 Å². The highest BCUT2D eigenvalue weighted by Gasteiger charge is 2.28. The monoisotopic (exact) mass is 380 g/mol. The van der Waals surface area contributed by atoms with E-state index in [1.54, 1.807) is 0 Å². The quantitative estimate of drug-likeness (QED) is 0.384. The second-order valence-corrected chi connectivity index (χ2v) is 7.84. The van der Waals surface area contributed by atoms with Crippen LogP contribution in [0.3, 0.4) is 0 Å². The molecule has 0 aliphatic carbocycles. The Kier molecular flexibility index (Phi) is 8.50. The second kappa shape index (κ2) is 10.6. The lowest BCUT2D eigenvalue weighted by Crippen LogP contribution is -2.52. The number of aromatic nitrogens is 2. The highest BCUT2D eigenvalue weighted by Crippen LogP contribution is 2.16. The molecule has 27 heavy (non-hydrogen) atoms. The SMILES string of the molecule is CCNC(=NCC(C)(C)N1CCOCC1)NCCCc1nc(C(C)C)no1. The summed E-state index contributed by atoms with van der Waals surface area (Å²) >= 11 is 0. The normalized spacial score (nSPS) is 16.7. The lowest BCUT2D eigenvalue weighted by atomic mass is 10.0. The van der Waals surface area contributed by atoms with Crippen LogP contribution >= 0.6 is 0 Å². The van der Waals surface area contributed by atoms with Gasteiger partial charge in [-0.2, -0.15) is 4.98 Å². The van der Waals surface area contributed by atoms with Crippen LogP contribution < -0.4 is 10.6 Å². The average molecular weight is 381 g/mol. The fourth-order valence-corrected chi connectivity index (χ4v) is 2.93. The summed E-state index contributed by atoms with van der Waals surface area (Å²) in [6.07, 6.45) is 1.68. The van der Waals surface area contributed by atoms with Crippen molar-refractivity contribution >= 4 is 5.96 Å². The first-order valence-electron chi connectivity index (χ1n) is 10.1. The highest BCUT2D eigenvalue weighted by atomic mass is 16.5. The van der Waals surface area contributed by atoms with Crippen LogP contribution in [0, 0.1) is 0 Å². The zero-order chi connectivity index (χ0) is 19.7. The molecule has 8 nitrogen and oxygen atoms in total. The van der Waals surface area contributed by atoms with E-state index in [1.807, 2.05) is 0 Å². The summed E-state index contributed by atoms with van der Waals surface area (Å²) in [5, 5.41) is 10.7. The zero-order valence-electron chi connectivity index (χ0n) is 17.5. The summed E-state index contributed by atoms with van der Waals surface area (Å²) in [7, 11) is 0. The van der Waals surface area contributed by atoms with E-state index >= 15 is 0 Å². The van der Waals surface area contributed by atoms with Crippen molar-refractivity contribution in [2.24, 2.45) is 4.99 Å². The molecule has 0 spiro atoms. The summed E-state index contributed by atoms with van der Waals surface area (Å²) in [6.45, 7) is 16.6. The van der Waals surface area contributed by atoms with Crippen LogP contribution in [-0.2, 0) is 11.2 Å². The van der Waals surface area contributed by atoms with Gasteiger partial charge in [-0.15, -0.1) is 0 Å². The van der Waals surface area contributed by atoms with Crippen molar-refractivity contribution in [2.75, 3.05) is 45.9 Å². The van der Waals surface area contributed by atoms with Crippen molar-refractivity contribution in [3.63, 3.8) is 0 Å². The molecule has 1 fully saturated rings. The molecule has 2 N–H and O–H groups in total. The molecule has 2 rings (SSSR count). The Morgan fingerprint density at radius 3 is 2.63 bits per heavy atom. The van der Waals surface area contributed by atoms with Gasteiger partial charge in [0.25, 0.3) is 0 Å². The maximum Gasteiger partial charge on any atom is 0.226 e. The Bertz CT molecular complexity index is 579. The van der Waals surface area contributed by atoms with E-state index in [0.717, 1.165) is 70.6 Å². The molecule has 1 aliphatic heterocycles. The van der Waals surface area contributed by atoms with Gasteiger partial charge in [-0.05, 0) is 27.2 Å². The van der Waals surface area contributed by atoms with Gasteiger partial charge in [0.15, 0.2) is 11.8 Å². The van der Waals surface area contributed by atoms with E-state index in [2.05, 4.69) is 60.3 Å². The van der Waals surface area contributed by atoms with Crippen molar-refractivity contribution in [3.8, 4) is 0 Å². The number of hydrogen-bond acceptors (Lipinski definition) is 6. The molecule has 1 aliphatic rings. The van der Waals surface area contributed by atoms with Gasteiger partial charge < -0.3 is 19.9 Å². The minimum absolute atomic E-state index is 0.0170. The predicted molar refractivity (Wildman–Crippen MR) is 107 cm³/mol. The van der Waals surface area contributed by atoms with Crippen molar-refractivity contribution in [1.29, 1.82) is 0 Å². The highest BCUT2D eigenvalue weighted by molar-refractivity contribution is 5.79. The van der Waals surface area contributed by atoms with Crippen molar-refractivity contribution in [3.05, 3.63) is 11.7 Å². The molecule has 1 saturated heterocycles. The molecule has 0 amide bonds. The number of morpholine rings is 1. The average Bonchev–Trinajstić information content (AvgIpc) is 3.13. The molecular weight excluding hydrogens is 344 g/mol. The molecule has 1 aromatic rings. The van der Waals surface area contributed by atoms with Gasteiger partial charge in [0.1, 0.15) is 0 Å². The van der Waals surface area contributed by atoms with Crippen molar-refractivity contribution in [1.82, 2.24) is 25.7 Å². The first-order valence-corrected chi connectivity index (χ1v) is 10.1. The van der Waals surface area contributed by atoms with Gasteiger partial charge in [-0.25, -0.2) is 0 Å². The molecule has 0 radical (unpaired) electrons. The largest absolute Gasteiger partial charge is 0.379 e. The maximum absolute atomic E-state index is 5.46. The van der Waals surface area contributed by atoms with Crippen molar-refractivity contribution in [2.45, 2.75) is 58.9 Å². The summed E-state index contributed by atoms with van der Waals surface area (Å²) in [6, 6.07) is 0. The van der Waals surface area contributed by atoms with Gasteiger partial charge in [-0.3, -0.25) is 9.89 Å². The Morgan fingerprint density at radius 2 is 2.00 bits per heavy atom. The van der Waals surface area contributed by atoms with E-state index < -0.39 is 0 Å². The van der Waals surface area contributed by atoms with E-state index in [9.17, 15) is 0 Å². The third-order valence-electron chi connectivity index (χ3n) is 4.70. The molecule has 0 unspecified atom stereocenters. The lowest BCUT2D eigenvalue weighted by molar-refractivity contribution is -0.00683. The third-order valence-corrected chi connectivity index (χ3v) is 4.70. The molecule has 0 aromatic carbocycles. The van der Waals surface area contributed by atoms with Gasteiger partial charge in [0.05, 0.1) is 19.8 Å². The second-order valence-electron chi connectivity index (χ2n) is 7.84. The van der Waals surface area contributed by atoms with E-state index in [4.69, 9.17) is 14.3 Å². The van der Waals surface area contributed by atoms with Crippen molar-refractivity contribution < 1.29 is 9.26 Å². The topological polar surface area (TPSA) is 87.8 Å². The Hall–Kier alpha value is -1.67. The van der Waals surface area contributed by atoms with Crippen LogP contribution in [0.1, 0.15) is 58.7 Å². The molecule has 154 valence electrons. The fraction of sp³-hybridized carbons (Fsp3) is 0.842. The van der Waals surface area contributed by atoms with Gasteiger partial charge in [0, 0.05) is 44.1 Å². The number of rotatable bonds is 9. The maximum atomic E-state index is 5.46. The smallest absolute Gasteiger partial charge is 0.226 e. The van der Waals surface area contributed by atoms with Crippen LogP contribution in [-0.4, -0.2) is 72.5 Å². The van der Waals surface area contributed by atoms with E-state index in [0.29, 0.717) is 11.8 Å². The van der Waals surface area contributed by atoms with Crippen LogP contribution in [0.5, 0.6) is 0 Å². The molecule has 8 heteroatoms. The Balaban J connectivity index is 1.78. The van der Waals surface area contributed by atoms with Crippen LogP contribution in [0.2, 0.25) is 0 Å². The number of aliphatic imine (C=N–C) groups is 1. The lowest BCUT2D eigenvalue weighted by Gasteiger charge is -2.39. The molecule has 0 bridgehead atoms. The summed E-state index contributed by atoms with van der Waals surface area (Å²) in [5.41, 5.74) is 0.0170. The van der Waals surface area contributed by atoms with Gasteiger partial charge in [0.2, 0.25) is 5.89 Å². The number of nitrogens with zero attached hydrogens (tertiary/aromatic N) is 4. The summed E-state index contributed by atoms with van der Waals surface area (Å²) in [5.74, 6) is 2.63. The number of ether oxygens (including phenoxy) is 1.